The highest BCUT2D eigenvalue weighted by molar-refractivity contribution is 5.87. The molecule has 9 nitrogen and oxygen atoms in total. The molecule has 186 valence electrons. The van der Waals surface area contributed by atoms with Crippen LogP contribution < -0.4 is 14.9 Å². The first-order valence-corrected chi connectivity index (χ1v) is 11.5. The molecule has 0 saturated heterocycles. The van der Waals surface area contributed by atoms with Crippen molar-refractivity contribution in [1.82, 2.24) is 15.0 Å². The Kier molecular flexibility index (Phi) is 8.97. The third kappa shape index (κ3) is 6.66. The van der Waals surface area contributed by atoms with E-state index in [9.17, 15) is 14.7 Å². The van der Waals surface area contributed by atoms with Crippen LogP contribution >= 0.6 is 0 Å². The SMILES string of the molecule is COCCCOc1cc(CCC(C)C)c(-c2cc(=O)c(C(=O)O)c[nH]2)cc1-c1cnc(OC)nc1. The van der Waals surface area contributed by atoms with Crippen molar-refractivity contribution in [3.63, 3.8) is 0 Å². The summed E-state index contributed by atoms with van der Waals surface area (Å²) < 4.78 is 16.4. The zero-order chi connectivity index (χ0) is 25.4. The maximum atomic E-state index is 12.5. The van der Waals surface area contributed by atoms with Gasteiger partial charge in [0.05, 0.1) is 13.7 Å². The van der Waals surface area contributed by atoms with Gasteiger partial charge in [-0.25, -0.2) is 14.8 Å². The van der Waals surface area contributed by atoms with Gasteiger partial charge in [0.15, 0.2) is 5.43 Å². The van der Waals surface area contributed by atoms with Gasteiger partial charge in [0, 0.05) is 67.2 Å². The number of ether oxygens (including phenoxy) is 3. The average Bonchev–Trinajstić information content (AvgIpc) is 2.85. The summed E-state index contributed by atoms with van der Waals surface area (Å²) >= 11 is 0. The number of hydrogen-bond donors (Lipinski definition) is 2. The van der Waals surface area contributed by atoms with Crippen molar-refractivity contribution in [2.75, 3.05) is 27.4 Å². The van der Waals surface area contributed by atoms with Crippen molar-refractivity contribution in [2.24, 2.45) is 5.92 Å². The normalized spacial score (nSPS) is 11.0. The molecule has 2 N–H and O–H groups in total. The Hall–Kier alpha value is -3.72. The van der Waals surface area contributed by atoms with Crippen LogP contribution in [0.15, 0.2) is 41.6 Å². The second-order valence-corrected chi connectivity index (χ2v) is 8.52. The van der Waals surface area contributed by atoms with Gasteiger partial charge in [-0.15, -0.1) is 0 Å². The minimum Gasteiger partial charge on any atom is -0.493 e. The van der Waals surface area contributed by atoms with Crippen molar-refractivity contribution in [3.8, 4) is 34.1 Å². The number of hydrogen-bond acceptors (Lipinski definition) is 7. The summed E-state index contributed by atoms with van der Waals surface area (Å²) in [5.74, 6) is -0.132. The Morgan fingerprint density at radius 1 is 1.09 bits per heavy atom. The van der Waals surface area contributed by atoms with E-state index < -0.39 is 11.4 Å². The first kappa shape index (κ1) is 25.9. The number of nitrogens with zero attached hydrogens (tertiary/aromatic N) is 2. The monoisotopic (exact) mass is 481 g/mol. The first-order chi connectivity index (χ1) is 16.8. The third-order valence-electron chi connectivity index (χ3n) is 5.50. The zero-order valence-electron chi connectivity index (χ0n) is 20.5. The van der Waals surface area contributed by atoms with Crippen LogP contribution in [0.4, 0.5) is 0 Å². The topological polar surface area (TPSA) is 124 Å². The van der Waals surface area contributed by atoms with Crippen LogP contribution in [0.25, 0.3) is 22.4 Å². The summed E-state index contributed by atoms with van der Waals surface area (Å²) in [6.45, 7) is 5.34. The predicted octanol–water partition coefficient (Wildman–Crippen LogP) is 4.21. The molecule has 0 aliphatic carbocycles. The molecule has 3 rings (SSSR count). The molecule has 2 aromatic heterocycles. The lowest BCUT2D eigenvalue weighted by atomic mass is 9.92. The summed E-state index contributed by atoms with van der Waals surface area (Å²) in [4.78, 5) is 35.2. The maximum absolute atomic E-state index is 12.5. The number of aromatic nitrogens is 3. The maximum Gasteiger partial charge on any atom is 0.341 e. The van der Waals surface area contributed by atoms with Crippen molar-refractivity contribution in [1.29, 1.82) is 0 Å². The number of aryl methyl sites for hydroxylation is 1. The van der Waals surface area contributed by atoms with Gasteiger partial charge in [-0.3, -0.25) is 4.79 Å². The van der Waals surface area contributed by atoms with Gasteiger partial charge in [0.25, 0.3) is 0 Å². The van der Waals surface area contributed by atoms with E-state index in [0.29, 0.717) is 36.1 Å². The minimum absolute atomic E-state index is 0.249. The minimum atomic E-state index is -1.27. The largest absolute Gasteiger partial charge is 0.493 e. The molecule has 0 unspecified atom stereocenters. The number of rotatable bonds is 12. The molecule has 0 aliphatic rings. The average molecular weight is 482 g/mol. The molecular formula is C26H31N3O6. The van der Waals surface area contributed by atoms with Crippen molar-refractivity contribution in [3.05, 3.63) is 58.1 Å². The lowest BCUT2D eigenvalue weighted by Crippen LogP contribution is -2.14. The lowest BCUT2D eigenvalue weighted by molar-refractivity contribution is 0.0695. The molecule has 9 heteroatoms. The highest BCUT2D eigenvalue weighted by Gasteiger charge is 2.18. The quantitative estimate of drug-likeness (QED) is 0.369. The Balaban J connectivity index is 2.16. The molecule has 0 spiro atoms. The van der Waals surface area contributed by atoms with Crippen LogP contribution in [0.3, 0.4) is 0 Å². The van der Waals surface area contributed by atoms with Crippen LogP contribution in [-0.4, -0.2) is 53.5 Å². The summed E-state index contributed by atoms with van der Waals surface area (Å²) in [5, 5.41) is 9.25. The molecule has 1 aromatic carbocycles. The molecule has 0 radical (unpaired) electrons. The van der Waals surface area contributed by atoms with Gasteiger partial charge < -0.3 is 24.3 Å². The molecular weight excluding hydrogens is 450 g/mol. The van der Waals surface area contributed by atoms with Gasteiger partial charge in [-0.1, -0.05) is 13.8 Å². The number of H-pyrrole nitrogens is 1. The van der Waals surface area contributed by atoms with Crippen LogP contribution in [0.2, 0.25) is 0 Å². The summed E-state index contributed by atoms with van der Waals surface area (Å²) in [6, 6.07) is 5.48. The van der Waals surface area contributed by atoms with Crippen molar-refractivity contribution < 1.29 is 24.1 Å². The Morgan fingerprint density at radius 3 is 2.43 bits per heavy atom. The molecule has 0 atom stereocenters. The van der Waals surface area contributed by atoms with Crippen LogP contribution in [-0.2, 0) is 11.2 Å². The third-order valence-corrected chi connectivity index (χ3v) is 5.50. The fourth-order valence-corrected chi connectivity index (χ4v) is 3.61. The number of benzene rings is 1. The van der Waals surface area contributed by atoms with Crippen LogP contribution in [0.1, 0.15) is 42.6 Å². The van der Waals surface area contributed by atoms with Gasteiger partial charge >= 0.3 is 12.0 Å². The molecule has 0 saturated carbocycles. The van der Waals surface area contributed by atoms with E-state index in [0.717, 1.165) is 36.0 Å². The Labute approximate surface area is 204 Å². The number of carboxylic acid groups (broad SMARTS) is 1. The molecule has 0 amide bonds. The standard InChI is InChI=1S/C26H31N3O6/c1-16(2)6-7-17-10-24(35-9-5-8-33-3)20(18-13-28-26(34-4)29-14-18)11-19(17)22-12-23(30)21(15-27-22)25(31)32/h10-16H,5-9H2,1-4H3,(H,27,30)(H,31,32). The van der Waals surface area contributed by atoms with Crippen LogP contribution in [0.5, 0.6) is 11.8 Å². The number of aromatic amines is 1. The highest BCUT2D eigenvalue weighted by Crippen LogP contribution is 2.37. The van der Waals surface area contributed by atoms with Gasteiger partial charge in [0.2, 0.25) is 0 Å². The number of carboxylic acids is 1. The molecule has 2 heterocycles. The number of pyridine rings is 1. The van der Waals surface area contributed by atoms with Gasteiger partial charge in [-0.2, -0.15) is 0 Å². The Bertz CT molecular complexity index is 1200. The molecule has 3 aromatic rings. The van der Waals surface area contributed by atoms with Gasteiger partial charge in [-0.05, 0) is 36.5 Å². The number of methoxy groups -OCH3 is 2. The molecule has 35 heavy (non-hydrogen) atoms. The number of carbonyl (C=O) groups is 1. The summed E-state index contributed by atoms with van der Waals surface area (Å²) in [7, 11) is 3.15. The second kappa shape index (κ2) is 12.1. The zero-order valence-corrected chi connectivity index (χ0v) is 20.5. The summed E-state index contributed by atoms with van der Waals surface area (Å²) in [5.41, 5.74) is 2.90. The smallest absolute Gasteiger partial charge is 0.341 e. The predicted molar refractivity (Wildman–Crippen MR) is 132 cm³/mol. The van der Waals surface area contributed by atoms with Crippen molar-refractivity contribution >= 4 is 5.97 Å². The Morgan fingerprint density at radius 2 is 1.83 bits per heavy atom. The fraction of sp³-hybridized carbons (Fsp3) is 0.385. The molecule has 0 aliphatic heterocycles. The summed E-state index contributed by atoms with van der Waals surface area (Å²) in [6.07, 6.45) is 6.94. The van der Waals surface area contributed by atoms with E-state index in [1.54, 1.807) is 19.5 Å². The molecule has 0 fully saturated rings. The second-order valence-electron chi connectivity index (χ2n) is 8.52. The van der Waals surface area contributed by atoms with E-state index in [-0.39, 0.29) is 11.6 Å². The van der Waals surface area contributed by atoms with E-state index in [2.05, 4.69) is 28.8 Å². The van der Waals surface area contributed by atoms with E-state index >= 15 is 0 Å². The van der Waals surface area contributed by atoms with Crippen molar-refractivity contribution in [2.45, 2.75) is 33.1 Å². The lowest BCUT2D eigenvalue weighted by Gasteiger charge is -2.18. The highest BCUT2D eigenvalue weighted by atomic mass is 16.5. The number of nitrogens with one attached hydrogen (secondary N) is 1. The van der Waals surface area contributed by atoms with Gasteiger partial charge in [0.1, 0.15) is 11.3 Å². The molecule has 0 bridgehead atoms. The number of aromatic carboxylic acids is 1. The van der Waals surface area contributed by atoms with E-state index in [1.807, 2.05) is 12.1 Å². The first-order valence-electron chi connectivity index (χ1n) is 11.5. The fourth-order valence-electron chi connectivity index (χ4n) is 3.61. The van der Waals surface area contributed by atoms with E-state index in [1.165, 1.54) is 19.4 Å². The van der Waals surface area contributed by atoms with Crippen LogP contribution in [0, 0.1) is 5.92 Å². The van der Waals surface area contributed by atoms with E-state index in [4.69, 9.17) is 14.2 Å².